The van der Waals surface area contributed by atoms with Crippen molar-refractivity contribution in [3.63, 3.8) is 0 Å². The van der Waals surface area contributed by atoms with Crippen molar-refractivity contribution in [3.8, 4) is 11.5 Å². The second kappa shape index (κ2) is 5.70. The molecule has 1 aromatic heterocycles. The van der Waals surface area contributed by atoms with Gasteiger partial charge in [-0.05, 0) is 35.7 Å². The summed E-state index contributed by atoms with van der Waals surface area (Å²) in [6, 6.07) is 10.5. The summed E-state index contributed by atoms with van der Waals surface area (Å²) in [7, 11) is 0. The molecule has 0 amide bonds. The molecule has 3 nitrogen and oxygen atoms in total. The van der Waals surface area contributed by atoms with E-state index in [1.807, 2.05) is 17.5 Å². The van der Waals surface area contributed by atoms with Crippen molar-refractivity contribution in [3.05, 3.63) is 46.7 Å². The first-order valence-electron chi connectivity index (χ1n) is 5.35. The Labute approximate surface area is 104 Å². The third-order valence-corrected chi connectivity index (χ3v) is 3.49. The first kappa shape index (κ1) is 12.0. The molecule has 0 bridgehead atoms. The number of phenols is 1. The Morgan fingerprint density at radius 1 is 1.18 bits per heavy atom. The molecular weight excluding hydrogens is 236 g/mol. The molecule has 1 atom stereocenters. The topological polar surface area (TPSA) is 49.7 Å². The molecule has 17 heavy (non-hydrogen) atoms. The molecular formula is C13H14O3S. The summed E-state index contributed by atoms with van der Waals surface area (Å²) in [6.07, 6.45) is 0. The first-order valence-corrected chi connectivity index (χ1v) is 6.23. The van der Waals surface area contributed by atoms with Crippen LogP contribution < -0.4 is 4.74 Å². The van der Waals surface area contributed by atoms with Crippen molar-refractivity contribution in [1.29, 1.82) is 0 Å². The number of ether oxygens (including phenoxy) is 1. The lowest BCUT2D eigenvalue weighted by Gasteiger charge is -2.13. The Balaban J connectivity index is 1.94. The van der Waals surface area contributed by atoms with Crippen LogP contribution in [0.15, 0.2) is 41.8 Å². The lowest BCUT2D eigenvalue weighted by molar-refractivity contribution is 0.206. The number of thiophene rings is 1. The summed E-state index contributed by atoms with van der Waals surface area (Å²) in [6.45, 7) is 0.500. The lowest BCUT2D eigenvalue weighted by Crippen LogP contribution is -2.12. The standard InChI is InChI=1S/C13H14O3S/c14-8-10(13-2-1-7-17-13)9-16-12-5-3-11(15)4-6-12/h1-7,10,14-15H,8-9H2. The van der Waals surface area contributed by atoms with Crippen LogP contribution in [0.1, 0.15) is 10.8 Å². The minimum absolute atomic E-state index is 0.00352. The number of aromatic hydroxyl groups is 1. The maximum Gasteiger partial charge on any atom is 0.119 e. The van der Waals surface area contributed by atoms with Gasteiger partial charge in [0.1, 0.15) is 11.5 Å². The van der Waals surface area contributed by atoms with Crippen molar-refractivity contribution in [2.24, 2.45) is 0 Å². The second-order valence-electron chi connectivity index (χ2n) is 3.70. The summed E-state index contributed by atoms with van der Waals surface area (Å²) in [5, 5.41) is 20.4. The number of hydrogen-bond acceptors (Lipinski definition) is 4. The number of rotatable bonds is 5. The van der Waals surface area contributed by atoms with Crippen LogP contribution in [0.25, 0.3) is 0 Å². The fourth-order valence-electron chi connectivity index (χ4n) is 1.49. The summed E-state index contributed by atoms with van der Waals surface area (Å²) < 4.78 is 5.57. The van der Waals surface area contributed by atoms with Gasteiger partial charge in [0.05, 0.1) is 19.1 Å². The molecule has 2 aromatic rings. The zero-order valence-corrected chi connectivity index (χ0v) is 10.1. The van der Waals surface area contributed by atoms with Crippen molar-refractivity contribution >= 4 is 11.3 Å². The third kappa shape index (κ3) is 3.22. The van der Waals surface area contributed by atoms with Crippen LogP contribution in [0.4, 0.5) is 0 Å². The van der Waals surface area contributed by atoms with Gasteiger partial charge in [-0.3, -0.25) is 0 Å². The van der Waals surface area contributed by atoms with E-state index in [9.17, 15) is 5.11 Å². The average molecular weight is 250 g/mol. The maximum absolute atomic E-state index is 9.31. The molecule has 0 spiro atoms. The van der Waals surface area contributed by atoms with E-state index < -0.39 is 0 Å². The highest BCUT2D eigenvalue weighted by molar-refractivity contribution is 7.10. The number of aliphatic hydroxyl groups excluding tert-OH is 1. The molecule has 1 unspecified atom stereocenters. The molecule has 0 fully saturated rings. The van der Waals surface area contributed by atoms with Crippen LogP contribution in [0, 0.1) is 0 Å². The minimum atomic E-state index is 0.00352. The zero-order chi connectivity index (χ0) is 12.1. The first-order chi connectivity index (χ1) is 8.29. The van der Waals surface area contributed by atoms with E-state index >= 15 is 0 Å². The molecule has 2 rings (SSSR count). The number of phenolic OH excluding ortho intramolecular Hbond substituents is 1. The summed E-state index contributed by atoms with van der Waals surface area (Å²) in [5.41, 5.74) is 0. The largest absolute Gasteiger partial charge is 0.508 e. The normalized spacial score (nSPS) is 12.3. The monoisotopic (exact) mass is 250 g/mol. The molecule has 0 aliphatic carbocycles. The molecule has 0 radical (unpaired) electrons. The minimum Gasteiger partial charge on any atom is -0.508 e. The molecule has 1 aromatic carbocycles. The van der Waals surface area contributed by atoms with E-state index in [0.717, 1.165) is 4.88 Å². The fourth-order valence-corrected chi connectivity index (χ4v) is 2.29. The average Bonchev–Trinajstić information content (AvgIpc) is 2.86. The highest BCUT2D eigenvalue weighted by Gasteiger charge is 2.12. The maximum atomic E-state index is 9.31. The molecule has 2 N–H and O–H groups in total. The van der Waals surface area contributed by atoms with E-state index in [-0.39, 0.29) is 18.3 Å². The van der Waals surface area contributed by atoms with Crippen molar-refractivity contribution in [2.45, 2.75) is 5.92 Å². The van der Waals surface area contributed by atoms with Gasteiger partial charge in [0.25, 0.3) is 0 Å². The van der Waals surface area contributed by atoms with Crippen molar-refractivity contribution in [2.75, 3.05) is 13.2 Å². The van der Waals surface area contributed by atoms with Gasteiger partial charge in [-0.1, -0.05) is 6.07 Å². The smallest absolute Gasteiger partial charge is 0.119 e. The second-order valence-corrected chi connectivity index (χ2v) is 4.68. The molecule has 1 heterocycles. The van der Waals surface area contributed by atoms with Crippen LogP contribution in [0.5, 0.6) is 11.5 Å². The fraction of sp³-hybridized carbons (Fsp3) is 0.231. The predicted octanol–water partition coefficient (Wildman–Crippen LogP) is 2.61. The molecule has 0 saturated heterocycles. The van der Waals surface area contributed by atoms with Crippen LogP contribution >= 0.6 is 11.3 Å². The lowest BCUT2D eigenvalue weighted by atomic mass is 10.1. The number of aliphatic hydroxyl groups is 1. The highest BCUT2D eigenvalue weighted by atomic mass is 32.1. The summed E-state index contributed by atoms with van der Waals surface area (Å²) >= 11 is 1.61. The van der Waals surface area contributed by atoms with Crippen LogP contribution in [-0.2, 0) is 0 Å². The van der Waals surface area contributed by atoms with Gasteiger partial charge >= 0.3 is 0 Å². The summed E-state index contributed by atoms with van der Waals surface area (Å²) in [4.78, 5) is 1.12. The quantitative estimate of drug-likeness (QED) is 0.857. The summed E-state index contributed by atoms with van der Waals surface area (Å²) in [5.74, 6) is 0.913. The number of hydrogen-bond donors (Lipinski definition) is 2. The highest BCUT2D eigenvalue weighted by Crippen LogP contribution is 2.23. The van der Waals surface area contributed by atoms with E-state index in [1.165, 1.54) is 0 Å². The van der Waals surface area contributed by atoms with Crippen LogP contribution in [0.2, 0.25) is 0 Å². The van der Waals surface area contributed by atoms with E-state index in [0.29, 0.717) is 12.4 Å². The molecule has 0 aliphatic heterocycles. The molecule has 0 aliphatic rings. The predicted molar refractivity (Wildman–Crippen MR) is 67.7 cm³/mol. The van der Waals surface area contributed by atoms with Gasteiger partial charge in [-0.15, -0.1) is 11.3 Å². The zero-order valence-electron chi connectivity index (χ0n) is 9.24. The van der Waals surface area contributed by atoms with E-state index in [1.54, 1.807) is 35.6 Å². The Morgan fingerprint density at radius 3 is 2.53 bits per heavy atom. The van der Waals surface area contributed by atoms with Gasteiger partial charge in [0, 0.05) is 4.88 Å². The molecule has 4 heteroatoms. The van der Waals surface area contributed by atoms with Crippen molar-refractivity contribution < 1.29 is 14.9 Å². The number of benzene rings is 1. The molecule has 0 saturated carbocycles. The SMILES string of the molecule is OCC(COc1ccc(O)cc1)c1cccs1. The third-order valence-electron chi connectivity index (χ3n) is 2.45. The van der Waals surface area contributed by atoms with Crippen molar-refractivity contribution in [1.82, 2.24) is 0 Å². The van der Waals surface area contributed by atoms with E-state index in [2.05, 4.69) is 0 Å². The van der Waals surface area contributed by atoms with Crippen LogP contribution in [0.3, 0.4) is 0 Å². The van der Waals surface area contributed by atoms with Gasteiger partial charge in [0.15, 0.2) is 0 Å². The van der Waals surface area contributed by atoms with Gasteiger partial charge in [-0.25, -0.2) is 0 Å². The van der Waals surface area contributed by atoms with Gasteiger partial charge in [-0.2, -0.15) is 0 Å². The van der Waals surface area contributed by atoms with Crippen LogP contribution in [-0.4, -0.2) is 23.4 Å². The van der Waals surface area contributed by atoms with E-state index in [4.69, 9.17) is 9.84 Å². The Morgan fingerprint density at radius 2 is 1.94 bits per heavy atom. The Bertz CT molecular complexity index is 436. The van der Waals surface area contributed by atoms with Gasteiger partial charge in [0.2, 0.25) is 0 Å². The Kier molecular flexibility index (Phi) is 4.01. The Hall–Kier alpha value is -1.52. The molecule has 90 valence electrons. The van der Waals surface area contributed by atoms with Gasteiger partial charge < -0.3 is 14.9 Å².